The molecule has 1 heterocycles. The van der Waals surface area contributed by atoms with Gasteiger partial charge in [-0.2, -0.15) is 0 Å². The maximum atomic E-state index is 12.8. The number of fused-ring (bicyclic) bond motifs is 1. The van der Waals surface area contributed by atoms with Gasteiger partial charge in [-0.05, 0) is 44.0 Å². The fourth-order valence-electron chi connectivity index (χ4n) is 3.81. The molecule has 0 bridgehead atoms. The van der Waals surface area contributed by atoms with Crippen molar-refractivity contribution in [3.8, 4) is 11.5 Å². The van der Waals surface area contributed by atoms with Crippen LogP contribution in [0.3, 0.4) is 0 Å². The predicted octanol–water partition coefficient (Wildman–Crippen LogP) is 3.95. The van der Waals surface area contributed by atoms with E-state index in [1.807, 2.05) is 50.2 Å². The van der Waals surface area contributed by atoms with Gasteiger partial charge in [0, 0.05) is 37.7 Å². The summed E-state index contributed by atoms with van der Waals surface area (Å²) in [5.74, 6) is 1.68. The van der Waals surface area contributed by atoms with Gasteiger partial charge in [-0.15, -0.1) is 0 Å². The number of carbonyl (C=O) groups excluding carboxylic acids is 1. The van der Waals surface area contributed by atoms with E-state index in [2.05, 4.69) is 22.3 Å². The molecule has 1 aliphatic heterocycles. The number of amides is 1. The molecule has 0 spiro atoms. The fraction of sp³-hybridized carbons (Fsp3) is 0.480. The zero-order valence-corrected chi connectivity index (χ0v) is 18.8. The number of nitrogens with zero attached hydrogens (tertiary/aromatic N) is 1. The molecular weight excluding hydrogens is 392 g/mol. The quantitative estimate of drug-likeness (QED) is 0.551. The molecule has 1 atom stereocenters. The minimum absolute atomic E-state index is 0.0245. The lowest BCUT2D eigenvalue weighted by atomic mass is 9.97. The lowest BCUT2D eigenvalue weighted by molar-refractivity contribution is -0.123. The largest absolute Gasteiger partial charge is 0.497 e. The zero-order chi connectivity index (χ0) is 22.1. The Morgan fingerprint density at radius 3 is 2.77 bits per heavy atom. The van der Waals surface area contributed by atoms with Gasteiger partial charge in [0.1, 0.15) is 11.5 Å². The maximum absolute atomic E-state index is 12.8. The van der Waals surface area contributed by atoms with E-state index >= 15 is 0 Å². The SMILES string of the molecule is COc1ccc2c(c1)C(N(CC(=O)NCCCOC(C)C)Cc1ccccc1)CCO2. The number of carbonyl (C=O) groups is 1. The Kier molecular flexibility index (Phi) is 8.74. The highest BCUT2D eigenvalue weighted by Crippen LogP contribution is 2.38. The molecule has 3 rings (SSSR count). The van der Waals surface area contributed by atoms with Crippen LogP contribution in [0.1, 0.15) is 43.9 Å². The molecule has 0 aliphatic carbocycles. The van der Waals surface area contributed by atoms with E-state index in [0.717, 1.165) is 29.9 Å². The van der Waals surface area contributed by atoms with Gasteiger partial charge >= 0.3 is 0 Å². The molecule has 2 aromatic rings. The van der Waals surface area contributed by atoms with E-state index in [1.165, 1.54) is 5.56 Å². The van der Waals surface area contributed by atoms with Gasteiger partial charge in [-0.3, -0.25) is 9.69 Å². The highest BCUT2D eigenvalue weighted by molar-refractivity contribution is 5.78. The van der Waals surface area contributed by atoms with Crippen LogP contribution in [0.15, 0.2) is 48.5 Å². The second-order valence-corrected chi connectivity index (χ2v) is 8.07. The van der Waals surface area contributed by atoms with Gasteiger partial charge < -0.3 is 19.5 Å². The van der Waals surface area contributed by atoms with Crippen molar-refractivity contribution in [2.45, 2.75) is 45.4 Å². The van der Waals surface area contributed by atoms with Crippen molar-refractivity contribution in [3.63, 3.8) is 0 Å². The Morgan fingerprint density at radius 1 is 1.23 bits per heavy atom. The average molecular weight is 427 g/mol. The standard InChI is InChI=1S/C25H34N2O4/c1-19(2)30-14-7-13-26-25(28)18-27(17-20-8-5-4-6-9-20)23-12-15-31-24-11-10-21(29-3)16-22(23)24/h4-6,8-11,16,19,23H,7,12-15,17-18H2,1-3H3,(H,26,28). The van der Waals surface area contributed by atoms with Gasteiger partial charge in [0.15, 0.2) is 0 Å². The van der Waals surface area contributed by atoms with E-state index in [0.29, 0.717) is 32.8 Å². The molecule has 2 aromatic carbocycles. The summed E-state index contributed by atoms with van der Waals surface area (Å²) >= 11 is 0. The van der Waals surface area contributed by atoms with Crippen molar-refractivity contribution < 1.29 is 19.0 Å². The first kappa shape index (κ1) is 23.1. The van der Waals surface area contributed by atoms with Crippen molar-refractivity contribution >= 4 is 5.91 Å². The Morgan fingerprint density at radius 2 is 2.03 bits per heavy atom. The monoisotopic (exact) mass is 426 g/mol. The normalized spacial score (nSPS) is 15.5. The summed E-state index contributed by atoms with van der Waals surface area (Å²) < 4.78 is 16.9. The van der Waals surface area contributed by atoms with Crippen molar-refractivity contribution in [2.24, 2.45) is 0 Å². The van der Waals surface area contributed by atoms with Gasteiger partial charge in [-0.25, -0.2) is 0 Å². The lowest BCUT2D eigenvalue weighted by Crippen LogP contribution is -2.40. The Labute approximate surface area is 185 Å². The Hall–Kier alpha value is -2.57. The highest BCUT2D eigenvalue weighted by atomic mass is 16.5. The van der Waals surface area contributed by atoms with Crippen LogP contribution in [-0.2, 0) is 16.1 Å². The molecule has 0 saturated carbocycles. The van der Waals surface area contributed by atoms with Crippen molar-refractivity contribution in [3.05, 3.63) is 59.7 Å². The highest BCUT2D eigenvalue weighted by Gasteiger charge is 2.29. The number of hydrogen-bond acceptors (Lipinski definition) is 5. The Bertz CT molecular complexity index is 826. The van der Waals surface area contributed by atoms with E-state index in [1.54, 1.807) is 7.11 Å². The van der Waals surface area contributed by atoms with Crippen LogP contribution < -0.4 is 14.8 Å². The molecular formula is C25H34N2O4. The molecule has 1 unspecified atom stereocenters. The topological polar surface area (TPSA) is 60.0 Å². The van der Waals surface area contributed by atoms with Crippen LogP contribution in [0.25, 0.3) is 0 Å². The lowest BCUT2D eigenvalue weighted by Gasteiger charge is -2.35. The van der Waals surface area contributed by atoms with Crippen LogP contribution in [0.5, 0.6) is 11.5 Å². The summed E-state index contributed by atoms with van der Waals surface area (Å²) in [4.78, 5) is 15.0. The zero-order valence-electron chi connectivity index (χ0n) is 18.8. The third-order valence-corrected chi connectivity index (χ3v) is 5.34. The van der Waals surface area contributed by atoms with Gasteiger partial charge in [0.05, 0.1) is 26.4 Å². The fourth-order valence-corrected chi connectivity index (χ4v) is 3.81. The first-order chi connectivity index (χ1) is 15.1. The van der Waals surface area contributed by atoms with E-state index in [9.17, 15) is 4.79 Å². The van der Waals surface area contributed by atoms with Crippen LogP contribution in [0.4, 0.5) is 0 Å². The molecule has 0 saturated heterocycles. The molecule has 31 heavy (non-hydrogen) atoms. The predicted molar refractivity (Wildman–Crippen MR) is 121 cm³/mol. The number of methoxy groups -OCH3 is 1. The molecule has 0 fully saturated rings. The third kappa shape index (κ3) is 6.97. The van der Waals surface area contributed by atoms with E-state index < -0.39 is 0 Å². The second-order valence-electron chi connectivity index (χ2n) is 8.07. The summed E-state index contributed by atoms with van der Waals surface area (Å²) in [7, 11) is 1.67. The summed E-state index contributed by atoms with van der Waals surface area (Å²) in [5, 5.41) is 3.04. The summed E-state index contributed by atoms with van der Waals surface area (Å²) in [5.41, 5.74) is 2.25. The van der Waals surface area contributed by atoms with Crippen molar-refractivity contribution in [2.75, 3.05) is 33.4 Å². The molecule has 1 aliphatic rings. The summed E-state index contributed by atoms with van der Waals surface area (Å²) in [6.07, 6.45) is 1.84. The average Bonchev–Trinajstić information content (AvgIpc) is 2.78. The first-order valence-electron chi connectivity index (χ1n) is 11.0. The number of rotatable bonds is 11. The molecule has 6 nitrogen and oxygen atoms in total. The third-order valence-electron chi connectivity index (χ3n) is 5.34. The molecule has 0 radical (unpaired) electrons. The van der Waals surface area contributed by atoms with E-state index in [-0.39, 0.29) is 18.1 Å². The van der Waals surface area contributed by atoms with Crippen LogP contribution in [-0.4, -0.2) is 50.3 Å². The van der Waals surface area contributed by atoms with Crippen molar-refractivity contribution in [1.82, 2.24) is 10.2 Å². The number of ether oxygens (including phenoxy) is 3. The minimum Gasteiger partial charge on any atom is -0.497 e. The van der Waals surface area contributed by atoms with Gasteiger partial charge in [-0.1, -0.05) is 30.3 Å². The number of hydrogen-bond donors (Lipinski definition) is 1. The van der Waals surface area contributed by atoms with Crippen LogP contribution in [0, 0.1) is 0 Å². The van der Waals surface area contributed by atoms with Gasteiger partial charge in [0.25, 0.3) is 0 Å². The molecule has 0 aromatic heterocycles. The van der Waals surface area contributed by atoms with Crippen LogP contribution in [0.2, 0.25) is 0 Å². The number of benzene rings is 2. The minimum atomic E-state index is 0.0245. The van der Waals surface area contributed by atoms with Crippen molar-refractivity contribution in [1.29, 1.82) is 0 Å². The number of nitrogens with one attached hydrogen (secondary N) is 1. The van der Waals surface area contributed by atoms with Gasteiger partial charge in [0.2, 0.25) is 5.91 Å². The summed E-state index contributed by atoms with van der Waals surface area (Å²) in [6, 6.07) is 16.2. The smallest absolute Gasteiger partial charge is 0.234 e. The Balaban J connectivity index is 1.71. The summed E-state index contributed by atoms with van der Waals surface area (Å²) in [6.45, 7) is 6.93. The van der Waals surface area contributed by atoms with E-state index in [4.69, 9.17) is 14.2 Å². The molecule has 1 N–H and O–H groups in total. The van der Waals surface area contributed by atoms with Crippen LogP contribution >= 0.6 is 0 Å². The second kappa shape index (κ2) is 11.7. The molecule has 6 heteroatoms. The maximum Gasteiger partial charge on any atom is 0.234 e. The first-order valence-corrected chi connectivity index (χ1v) is 11.0. The molecule has 1 amide bonds. The molecule has 168 valence electrons.